The highest BCUT2D eigenvalue weighted by atomic mass is 17.2. The minimum absolute atomic E-state index is 0.434. The highest BCUT2D eigenvalue weighted by Gasteiger charge is 2.22. The molecule has 0 saturated carbocycles. The molecule has 25 heavy (non-hydrogen) atoms. The fraction of sp³-hybridized carbons (Fsp3) is 0.273. The van der Waals surface area contributed by atoms with E-state index in [2.05, 4.69) is 32.9 Å². The maximum Gasteiger partial charge on any atom is 0.179 e. The van der Waals surface area contributed by atoms with Gasteiger partial charge in [-0.15, -0.1) is 0 Å². The minimum atomic E-state index is 0.434. The van der Waals surface area contributed by atoms with Gasteiger partial charge in [-0.05, 0) is 61.6 Å². The molecule has 2 aromatic rings. The van der Waals surface area contributed by atoms with Crippen molar-refractivity contribution >= 4 is 5.57 Å². The summed E-state index contributed by atoms with van der Waals surface area (Å²) in [6, 6.07) is 14.4. The average Bonchev–Trinajstić information content (AvgIpc) is 2.80. The Kier molecular flexibility index (Phi) is 5.25. The lowest BCUT2D eigenvalue weighted by atomic mass is 9.92. The van der Waals surface area contributed by atoms with E-state index in [4.69, 9.17) is 14.5 Å². The molecule has 2 aromatic carbocycles. The van der Waals surface area contributed by atoms with E-state index in [1.165, 1.54) is 5.57 Å². The molecule has 0 radical (unpaired) electrons. The number of fused-ring (bicyclic) bond motifs is 1. The van der Waals surface area contributed by atoms with Gasteiger partial charge in [-0.3, -0.25) is 0 Å². The molecule has 0 atom stereocenters. The summed E-state index contributed by atoms with van der Waals surface area (Å²) in [4.78, 5) is 11.1. The van der Waals surface area contributed by atoms with Gasteiger partial charge in [-0.25, -0.2) is 0 Å². The molecular weight excluding hydrogens is 312 g/mol. The van der Waals surface area contributed by atoms with Crippen molar-refractivity contribution in [3.8, 4) is 11.5 Å². The van der Waals surface area contributed by atoms with Crippen molar-refractivity contribution in [2.45, 2.75) is 34.1 Å². The highest BCUT2D eigenvalue weighted by Crippen LogP contribution is 2.41. The fourth-order valence-electron chi connectivity index (χ4n) is 2.84. The van der Waals surface area contributed by atoms with E-state index in [0.717, 1.165) is 45.8 Å². The van der Waals surface area contributed by atoms with Gasteiger partial charge in [0.25, 0.3) is 0 Å². The van der Waals surface area contributed by atoms with Crippen LogP contribution in [0.2, 0.25) is 0 Å². The summed E-state index contributed by atoms with van der Waals surface area (Å²) >= 11 is 0. The van der Waals surface area contributed by atoms with Crippen LogP contribution in [-0.4, -0.2) is 6.61 Å². The smallest absolute Gasteiger partial charge is 0.179 e. The van der Waals surface area contributed by atoms with Gasteiger partial charge in [-0.2, -0.15) is 4.89 Å². The van der Waals surface area contributed by atoms with E-state index in [0.29, 0.717) is 6.61 Å². The van der Waals surface area contributed by atoms with Gasteiger partial charge >= 0.3 is 0 Å². The van der Waals surface area contributed by atoms with Crippen LogP contribution in [0.25, 0.3) is 5.57 Å². The standard InChI is InChI=1S/C22H24O3/c1-5-15(2)13-23-20-12-11-19-21(18-9-7-6-8-10-18)16(3)14-24-25-22(19)17(20)4/h6-13H,5,14H2,1-4H3/b15-13+. The van der Waals surface area contributed by atoms with Gasteiger partial charge < -0.3 is 9.62 Å². The van der Waals surface area contributed by atoms with Gasteiger partial charge in [0.1, 0.15) is 12.4 Å². The average molecular weight is 336 g/mol. The zero-order chi connectivity index (χ0) is 17.8. The Morgan fingerprint density at radius 2 is 1.88 bits per heavy atom. The first-order valence-electron chi connectivity index (χ1n) is 8.62. The molecule has 0 N–H and O–H groups in total. The second-order valence-corrected chi connectivity index (χ2v) is 6.37. The third-order valence-corrected chi connectivity index (χ3v) is 4.48. The largest absolute Gasteiger partial charge is 0.465 e. The number of hydrogen-bond acceptors (Lipinski definition) is 3. The van der Waals surface area contributed by atoms with Crippen molar-refractivity contribution in [2.24, 2.45) is 0 Å². The first-order chi connectivity index (χ1) is 12.1. The molecule has 3 nitrogen and oxygen atoms in total. The predicted molar refractivity (Wildman–Crippen MR) is 101 cm³/mol. The maximum absolute atomic E-state index is 5.85. The number of allylic oxidation sites excluding steroid dienone is 1. The summed E-state index contributed by atoms with van der Waals surface area (Å²) in [6.45, 7) is 8.67. The minimum Gasteiger partial charge on any atom is -0.465 e. The molecule has 0 bridgehead atoms. The lowest BCUT2D eigenvalue weighted by Crippen LogP contribution is -2.00. The molecule has 3 rings (SSSR count). The Bertz CT molecular complexity index is 817. The number of benzene rings is 2. The summed E-state index contributed by atoms with van der Waals surface area (Å²) in [7, 11) is 0. The van der Waals surface area contributed by atoms with Crippen molar-refractivity contribution in [1.29, 1.82) is 0 Å². The SMILES string of the molecule is CC/C(C)=C/Oc1ccc2c(c1C)OOCC(C)=C2c1ccccc1. The summed E-state index contributed by atoms with van der Waals surface area (Å²) in [6.07, 6.45) is 2.76. The van der Waals surface area contributed by atoms with E-state index in [1.54, 1.807) is 6.26 Å². The molecule has 3 heteroatoms. The Labute approximate surface area is 149 Å². The van der Waals surface area contributed by atoms with Crippen molar-refractivity contribution in [3.63, 3.8) is 0 Å². The Hall–Kier alpha value is -2.52. The maximum atomic E-state index is 5.85. The van der Waals surface area contributed by atoms with Gasteiger partial charge in [0.2, 0.25) is 0 Å². The van der Waals surface area contributed by atoms with Crippen molar-refractivity contribution < 1.29 is 14.5 Å². The third kappa shape index (κ3) is 3.62. The summed E-state index contributed by atoms with van der Waals surface area (Å²) in [5, 5.41) is 0. The van der Waals surface area contributed by atoms with Crippen LogP contribution in [-0.2, 0) is 4.89 Å². The van der Waals surface area contributed by atoms with Crippen LogP contribution in [0.3, 0.4) is 0 Å². The summed E-state index contributed by atoms with van der Waals surface area (Å²) in [5.74, 6) is 1.50. The van der Waals surface area contributed by atoms with Crippen LogP contribution < -0.4 is 9.62 Å². The van der Waals surface area contributed by atoms with Crippen molar-refractivity contribution in [2.75, 3.05) is 6.61 Å². The molecule has 0 fully saturated rings. The van der Waals surface area contributed by atoms with E-state index in [1.807, 2.05) is 37.3 Å². The lowest BCUT2D eigenvalue weighted by molar-refractivity contribution is -0.197. The Morgan fingerprint density at radius 1 is 1.12 bits per heavy atom. The molecule has 0 spiro atoms. The topological polar surface area (TPSA) is 27.7 Å². The molecule has 0 aliphatic carbocycles. The number of ether oxygens (including phenoxy) is 1. The summed E-state index contributed by atoms with van der Waals surface area (Å²) < 4.78 is 5.85. The molecule has 1 aliphatic heterocycles. The second-order valence-electron chi connectivity index (χ2n) is 6.37. The lowest BCUT2D eigenvalue weighted by Gasteiger charge is -2.15. The van der Waals surface area contributed by atoms with Crippen LogP contribution in [0.1, 0.15) is 43.9 Å². The van der Waals surface area contributed by atoms with E-state index in [-0.39, 0.29) is 0 Å². The van der Waals surface area contributed by atoms with Crippen molar-refractivity contribution in [1.82, 2.24) is 0 Å². The van der Waals surface area contributed by atoms with Crippen LogP contribution in [0, 0.1) is 6.92 Å². The highest BCUT2D eigenvalue weighted by molar-refractivity contribution is 5.86. The molecule has 1 heterocycles. The predicted octanol–water partition coefficient (Wildman–Crippen LogP) is 5.83. The van der Waals surface area contributed by atoms with Gasteiger partial charge in [-0.1, -0.05) is 37.3 Å². The van der Waals surface area contributed by atoms with E-state index < -0.39 is 0 Å². The van der Waals surface area contributed by atoms with E-state index in [9.17, 15) is 0 Å². The van der Waals surface area contributed by atoms with Crippen molar-refractivity contribution in [3.05, 3.63) is 76.6 Å². The number of hydrogen-bond donors (Lipinski definition) is 0. The van der Waals surface area contributed by atoms with Gasteiger partial charge in [0, 0.05) is 11.1 Å². The molecule has 0 aromatic heterocycles. The third-order valence-electron chi connectivity index (χ3n) is 4.48. The van der Waals surface area contributed by atoms with Gasteiger partial charge in [0.15, 0.2) is 5.75 Å². The fourth-order valence-corrected chi connectivity index (χ4v) is 2.84. The Balaban J connectivity index is 2.08. The van der Waals surface area contributed by atoms with Crippen LogP contribution >= 0.6 is 0 Å². The monoisotopic (exact) mass is 336 g/mol. The number of rotatable bonds is 4. The molecule has 0 unspecified atom stereocenters. The quantitative estimate of drug-likeness (QED) is 0.519. The molecular formula is C22H24O3. The molecule has 1 aliphatic rings. The summed E-state index contributed by atoms with van der Waals surface area (Å²) in [5.41, 5.74) is 6.60. The first kappa shape index (κ1) is 17.3. The zero-order valence-electron chi connectivity index (χ0n) is 15.3. The van der Waals surface area contributed by atoms with Crippen LogP contribution in [0.4, 0.5) is 0 Å². The van der Waals surface area contributed by atoms with Crippen LogP contribution in [0.15, 0.2) is 59.9 Å². The molecule has 0 saturated heterocycles. The van der Waals surface area contributed by atoms with Gasteiger partial charge in [0.05, 0.1) is 6.26 Å². The zero-order valence-corrected chi connectivity index (χ0v) is 15.3. The van der Waals surface area contributed by atoms with E-state index >= 15 is 0 Å². The molecule has 130 valence electrons. The normalized spacial score (nSPS) is 14.6. The second kappa shape index (κ2) is 7.58. The molecule has 0 amide bonds. The van der Waals surface area contributed by atoms with Crippen LogP contribution in [0.5, 0.6) is 11.5 Å². The first-order valence-corrected chi connectivity index (χ1v) is 8.62. The Morgan fingerprint density at radius 3 is 2.60 bits per heavy atom.